The highest BCUT2D eigenvalue weighted by Gasteiger charge is 2.10. The molecule has 1 rings (SSSR count). The minimum absolute atomic E-state index is 0.0626. The van der Waals surface area contributed by atoms with Crippen molar-refractivity contribution in [3.05, 3.63) is 29.3 Å². The number of nitrogens with zero attached hydrogens (tertiary/aromatic N) is 1. The minimum atomic E-state index is -0.685. The zero-order chi connectivity index (χ0) is 13.5. The van der Waals surface area contributed by atoms with Crippen molar-refractivity contribution in [1.29, 1.82) is 5.26 Å². The van der Waals surface area contributed by atoms with Crippen LogP contribution in [-0.4, -0.2) is 24.8 Å². The molecule has 5 nitrogen and oxygen atoms in total. The molecule has 0 heterocycles. The van der Waals surface area contributed by atoms with Crippen molar-refractivity contribution < 1.29 is 19.4 Å². The summed E-state index contributed by atoms with van der Waals surface area (Å²) < 4.78 is 9.62. The van der Waals surface area contributed by atoms with E-state index in [1.54, 1.807) is 25.1 Å². The lowest BCUT2D eigenvalue weighted by Crippen LogP contribution is -2.05. The highest BCUT2D eigenvalue weighted by atomic mass is 16.5. The van der Waals surface area contributed by atoms with Crippen LogP contribution in [-0.2, 0) is 9.53 Å². The van der Waals surface area contributed by atoms with Crippen molar-refractivity contribution in [1.82, 2.24) is 0 Å². The molecular formula is C13H13NO4. The number of benzene rings is 1. The second-order valence-corrected chi connectivity index (χ2v) is 3.32. The summed E-state index contributed by atoms with van der Waals surface area (Å²) in [5.74, 6) is -0.426. The van der Waals surface area contributed by atoms with Crippen molar-refractivity contribution in [3.63, 3.8) is 0 Å². The summed E-state index contributed by atoms with van der Waals surface area (Å²) in [6, 6.07) is 6.32. The number of hydrogen-bond acceptors (Lipinski definition) is 5. The lowest BCUT2D eigenvalue weighted by Gasteiger charge is -2.04. The van der Waals surface area contributed by atoms with Gasteiger partial charge in [0.2, 0.25) is 0 Å². The zero-order valence-corrected chi connectivity index (χ0v) is 10.1. The van der Waals surface area contributed by atoms with Gasteiger partial charge in [0.25, 0.3) is 0 Å². The third kappa shape index (κ3) is 3.25. The second kappa shape index (κ2) is 6.30. The Morgan fingerprint density at radius 1 is 1.56 bits per heavy atom. The number of carbonyl (C=O) groups is 1. The SMILES string of the molecule is CCOC(=O)/C(C#N)=C\c1ccc(OC)c(O)c1. The van der Waals surface area contributed by atoms with E-state index in [4.69, 9.17) is 14.7 Å². The van der Waals surface area contributed by atoms with E-state index in [0.29, 0.717) is 11.3 Å². The van der Waals surface area contributed by atoms with Gasteiger partial charge < -0.3 is 14.6 Å². The molecule has 94 valence electrons. The molecule has 0 saturated carbocycles. The number of phenols is 1. The molecule has 0 saturated heterocycles. The Bertz CT molecular complexity index is 514. The Hall–Kier alpha value is -2.48. The van der Waals surface area contributed by atoms with Gasteiger partial charge in [0.15, 0.2) is 11.5 Å². The number of esters is 1. The molecule has 5 heteroatoms. The molecule has 1 N–H and O–H groups in total. The Kier molecular flexibility index (Phi) is 4.76. The lowest BCUT2D eigenvalue weighted by molar-refractivity contribution is -0.137. The quantitative estimate of drug-likeness (QED) is 0.499. The average Bonchev–Trinajstić information content (AvgIpc) is 2.36. The van der Waals surface area contributed by atoms with Crippen LogP contribution in [0.5, 0.6) is 11.5 Å². The Labute approximate surface area is 105 Å². The number of aromatic hydroxyl groups is 1. The Morgan fingerprint density at radius 2 is 2.28 bits per heavy atom. The first-order valence-corrected chi connectivity index (χ1v) is 5.28. The Morgan fingerprint density at radius 3 is 2.78 bits per heavy atom. The third-order valence-corrected chi connectivity index (χ3v) is 2.13. The number of ether oxygens (including phenoxy) is 2. The number of carbonyl (C=O) groups excluding carboxylic acids is 1. The van der Waals surface area contributed by atoms with Gasteiger partial charge in [-0.3, -0.25) is 0 Å². The van der Waals surface area contributed by atoms with Crippen molar-refractivity contribution in [2.24, 2.45) is 0 Å². The van der Waals surface area contributed by atoms with Gasteiger partial charge in [-0.2, -0.15) is 5.26 Å². The van der Waals surface area contributed by atoms with Gasteiger partial charge >= 0.3 is 5.97 Å². The van der Waals surface area contributed by atoms with Crippen molar-refractivity contribution in [3.8, 4) is 17.6 Å². The van der Waals surface area contributed by atoms with Gasteiger partial charge in [-0.1, -0.05) is 6.07 Å². The highest BCUT2D eigenvalue weighted by molar-refractivity contribution is 5.97. The molecule has 0 radical (unpaired) electrons. The van der Waals surface area contributed by atoms with Crippen LogP contribution in [0.3, 0.4) is 0 Å². The molecule has 0 aromatic heterocycles. The molecule has 1 aromatic rings. The smallest absolute Gasteiger partial charge is 0.348 e. The first-order chi connectivity index (χ1) is 8.62. The molecule has 0 aliphatic rings. The van der Waals surface area contributed by atoms with Crippen LogP contribution in [0.25, 0.3) is 6.08 Å². The Balaban J connectivity index is 3.04. The van der Waals surface area contributed by atoms with Crippen LogP contribution in [0, 0.1) is 11.3 Å². The highest BCUT2D eigenvalue weighted by Crippen LogP contribution is 2.27. The van der Waals surface area contributed by atoms with Crippen molar-refractivity contribution in [2.75, 3.05) is 13.7 Å². The summed E-state index contributed by atoms with van der Waals surface area (Å²) in [5.41, 5.74) is 0.388. The number of rotatable bonds is 4. The molecule has 0 spiro atoms. The van der Waals surface area contributed by atoms with E-state index in [1.165, 1.54) is 19.3 Å². The second-order valence-electron chi connectivity index (χ2n) is 3.32. The maximum Gasteiger partial charge on any atom is 0.348 e. The molecule has 0 unspecified atom stereocenters. The third-order valence-electron chi connectivity index (χ3n) is 2.13. The van der Waals surface area contributed by atoms with Gasteiger partial charge in [0.05, 0.1) is 13.7 Å². The van der Waals surface area contributed by atoms with Crippen LogP contribution in [0.1, 0.15) is 12.5 Å². The van der Waals surface area contributed by atoms with E-state index in [1.807, 2.05) is 0 Å². The first kappa shape index (κ1) is 13.6. The largest absolute Gasteiger partial charge is 0.504 e. The van der Waals surface area contributed by atoms with E-state index < -0.39 is 5.97 Å². The molecular weight excluding hydrogens is 234 g/mol. The van der Waals surface area contributed by atoms with E-state index in [-0.39, 0.29) is 17.9 Å². The number of nitriles is 1. The fraction of sp³-hybridized carbons (Fsp3) is 0.231. The number of methoxy groups -OCH3 is 1. The maximum atomic E-state index is 11.4. The fourth-order valence-corrected chi connectivity index (χ4v) is 1.31. The topological polar surface area (TPSA) is 79.6 Å². The summed E-state index contributed by atoms with van der Waals surface area (Å²) >= 11 is 0. The molecule has 0 bridgehead atoms. The molecule has 0 aliphatic heterocycles. The predicted octanol–water partition coefficient (Wildman–Crippen LogP) is 1.87. The van der Waals surface area contributed by atoms with Gasteiger partial charge in [0, 0.05) is 0 Å². The molecule has 0 aliphatic carbocycles. The van der Waals surface area contributed by atoms with Gasteiger partial charge in [-0.25, -0.2) is 4.79 Å². The fourth-order valence-electron chi connectivity index (χ4n) is 1.31. The van der Waals surface area contributed by atoms with Crippen LogP contribution in [0.2, 0.25) is 0 Å². The van der Waals surface area contributed by atoms with Crippen LogP contribution in [0.4, 0.5) is 0 Å². The zero-order valence-electron chi connectivity index (χ0n) is 10.1. The van der Waals surface area contributed by atoms with Gasteiger partial charge in [-0.05, 0) is 30.7 Å². The van der Waals surface area contributed by atoms with Crippen molar-refractivity contribution in [2.45, 2.75) is 6.92 Å². The standard InChI is InChI=1S/C13H13NO4/c1-3-18-13(16)10(8-14)6-9-4-5-12(17-2)11(15)7-9/h4-7,15H,3H2,1-2H3/b10-6-. The summed E-state index contributed by atoms with van der Waals surface area (Å²) in [7, 11) is 1.43. The molecule has 0 amide bonds. The lowest BCUT2D eigenvalue weighted by atomic mass is 10.1. The normalized spacial score (nSPS) is 10.6. The summed E-state index contributed by atoms with van der Waals surface area (Å²) in [4.78, 5) is 11.4. The van der Waals surface area contributed by atoms with E-state index in [0.717, 1.165) is 0 Å². The van der Waals surface area contributed by atoms with Gasteiger partial charge in [-0.15, -0.1) is 0 Å². The maximum absolute atomic E-state index is 11.4. The summed E-state index contributed by atoms with van der Waals surface area (Å²) in [6.45, 7) is 1.86. The summed E-state index contributed by atoms with van der Waals surface area (Å²) in [5, 5.41) is 18.4. The van der Waals surface area contributed by atoms with Crippen LogP contribution >= 0.6 is 0 Å². The molecule has 1 aromatic carbocycles. The van der Waals surface area contributed by atoms with E-state index in [2.05, 4.69) is 0 Å². The minimum Gasteiger partial charge on any atom is -0.504 e. The van der Waals surface area contributed by atoms with Crippen molar-refractivity contribution >= 4 is 12.0 Å². The number of hydrogen-bond donors (Lipinski definition) is 1. The number of phenolic OH excluding ortho intramolecular Hbond substituents is 1. The summed E-state index contributed by atoms with van der Waals surface area (Å²) in [6.07, 6.45) is 1.34. The van der Waals surface area contributed by atoms with Crippen LogP contribution < -0.4 is 4.74 Å². The average molecular weight is 247 g/mol. The van der Waals surface area contributed by atoms with Gasteiger partial charge in [0.1, 0.15) is 11.6 Å². The van der Waals surface area contributed by atoms with E-state index in [9.17, 15) is 9.90 Å². The molecule has 18 heavy (non-hydrogen) atoms. The van der Waals surface area contributed by atoms with Crippen LogP contribution in [0.15, 0.2) is 23.8 Å². The first-order valence-electron chi connectivity index (χ1n) is 5.28. The monoisotopic (exact) mass is 247 g/mol. The van der Waals surface area contributed by atoms with E-state index >= 15 is 0 Å². The predicted molar refractivity (Wildman–Crippen MR) is 64.9 cm³/mol. The molecule has 0 fully saturated rings. The molecule has 0 atom stereocenters.